The second-order valence-electron chi connectivity index (χ2n) is 4.36. The fourth-order valence-electron chi connectivity index (χ4n) is 2.02. The number of rotatable bonds is 5. The van der Waals surface area contributed by atoms with Crippen molar-refractivity contribution in [2.24, 2.45) is 0 Å². The van der Waals surface area contributed by atoms with E-state index in [9.17, 15) is 0 Å². The van der Waals surface area contributed by atoms with Crippen molar-refractivity contribution in [3.05, 3.63) is 24.0 Å². The molecule has 0 amide bonds. The van der Waals surface area contributed by atoms with Gasteiger partial charge in [-0.25, -0.2) is 0 Å². The van der Waals surface area contributed by atoms with Gasteiger partial charge in [0, 0.05) is 44.6 Å². The molecule has 1 atom stereocenters. The Morgan fingerprint density at radius 3 is 3.31 bits per heavy atom. The number of nitrogens with zero attached hydrogens (tertiary/aromatic N) is 1. The molecule has 1 saturated heterocycles. The molecule has 90 valence electrons. The normalized spacial score (nSPS) is 22.4. The van der Waals surface area contributed by atoms with E-state index < -0.39 is 0 Å². The molecular formula is C12H21N3O. The molecule has 4 nitrogen and oxygen atoms in total. The summed E-state index contributed by atoms with van der Waals surface area (Å²) in [6.45, 7) is 8.13. The zero-order chi connectivity index (χ0) is 11.2. The van der Waals surface area contributed by atoms with E-state index in [4.69, 9.17) is 4.74 Å². The molecule has 0 aliphatic carbocycles. The maximum absolute atomic E-state index is 5.41. The first kappa shape index (κ1) is 11.6. The Kier molecular flexibility index (Phi) is 4.39. The van der Waals surface area contributed by atoms with E-state index in [0.717, 1.165) is 39.4 Å². The van der Waals surface area contributed by atoms with E-state index in [2.05, 4.69) is 28.2 Å². The third kappa shape index (κ3) is 3.33. The lowest BCUT2D eigenvalue weighted by Crippen LogP contribution is -2.46. The Labute approximate surface area is 97.0 Å². The zero-order valence-corrected chi connectivity index (χ0v) is 9.91. The van der Waals surface area contributed by atoms with Crippen molar-refractivity contribution in [2.75, 3.05) is 32.8 Å². The molecule has 2 rings (SSSR count). The monoisotopic (exact) mass is 223 g/mol. The molecule has 0 aromatic carbocycles. The van der Waals surface area contributed by atoms with Gasteiger partial charge in [-0.05, 0) is 18.6 Å². The van der Waals surface area contributed by atoms with Gasteiger partial charge in [-0.3, -0.25) is 4.90 Å². The standard InChI is InChI=1S/C12H21N3O/c1-11-10-16-7-6-15(11)5-4-14-9-12-2-3-13-8-12/h2-3,8,11,13-14H,4-7,9-10H2,1H3. The summed E-state index contributed by atoms with van der Waals surface area (Å²) in [5, 5.41) is 3.45. The number of nitrogens with one attached hydrogen (secondary N) is 2. The van der Waals surface area contributed by atoms with Gasteiger partial charge >= 0.3 is 0 Å². The van der Waals surface area contributed by atoms with Gasteiger partial charge in [0.25, 0.3) is 0 Å². The maximum atomic E-state index is 5.41. The van der Waals surface area contributed by atoms with Gasteiger partial charge in [0.2, 0.25) is 0 Å². The first-order valence-corrected chi connectivity index (χ1v) is 6.00. The fourth-order valence-corrected chi connectivity index (χ4v) is 2.02. The molecule has 1 aliphatic rings. The van der Waals surface area contributed by atoms with Crippen molar-refractivity contribution < 1.29 is 4.74 Å². The molecule has 0 radical (unpaired) electrons. The minimum atomic E-state index is 0.558. The summed E-state index contributed by atoms with van der Waals surface area (Å²) < 4.78 is 5.41. The van der Waals surface area contributed by atoms with Crippen molar-refractivity contribution in [3.63, 3.8) is 0 Å². The molecule has 16 heavy (non-hydrogen) atoms. The van der Waals surface area contributed by atoms with Crippen LogP contribution in [-0.2, 0) is 11.3 Å². The lowest BCUT2D eigenvalue weighted by atomic mass is 10.2. The van der Waals surface area contributed by atoms with Gasteiger partial charge in [0.15, 0.2) is 0 Å². The average molecular weight is 223 g/mol. The van der Waals surface area contributed by atoms with Gasteiger partial charge in [0.05, 0.1) is 13.2 Å². The van der Waals surface area contributed by atoms with E-state index in [1.807, 2.05) is 12.4 Å². The van der Waals surface area contributed by atoms with Crippen LogP contribution in [0.25, 0.3) is 0 Å². The molecular weight excluding hydrogens is 202 g/mol. The Morgan fingerprint density at radius 2 is 2.56 bits per heavy atom. The summed E-state index contributed by atoms with van der Waals surface area (Å²) in [6.07, 6.45) is 3.99. The van der Waals surface area contributed by atoms with Crippen molar-refractivity contribution >= 4 is 0 Å². The van der Waals surface area contributed by atoms with Crippen molar-refractivity contribution in [1.82, 2.24) is 15.2 Å². The number of morpholine rings is 1. The minimum Gasteiger partial charge on any atom is -0.379 e. The highest BCUT2D eigenvalue weighted by molar-refractivity contribution is 5.07. The second-order valence-corrected chi connectivity index (χ2v) is 4.36. The van der Waals surface area contributed by atoms with Crippen LogP contribution in [0.1, 0.15) is 12.5 Å². The summed E-state index contributed by atoms with van der Waals surface area (Å²) in [5.41, 5.74) is 1.31. The van der Waals surface area contributed by atoms with Crippen LogP contribution in [0.3, 0.4) is 0 Å². The smallest absolute Gasteiger partial charge is 0.0619 e. The fraction of sp³-hybridized carbons (Fsp3) is 0.667. The van der Waals surface area contributed by atoms with E-state index in [-0.39, 0.29) is 0 Å². The number of hydrogen-bond donors (Lipinski definition) is 2. The van der Waals surface area contributed by atoms with Crippen LogP contribution in [0, 0.1) is 0 Å². The van der Waals surface area contributed by atoms with E-state index in [1.54, 1.807) is 0 Å². The van der Waals surface area contributed by atoms with Crippen molar-refractivity contribution in [3.8, 4) is 0 Å². The Hall–Kier alpha value is -0.840. The quantitative estimate of drug-likeness (QED) is 0.726. The van der Waals surface area contributed by atoms with Gasteiger partial charge in [-0.1, -0.05) is 0 Å². The van der Waals surface area contributed by atoms with Crippen LogP contribution in [0.2, 0.25) is 0 Å². The zero-order valence-electron chi connectivity index (χ0n) is 9.91. The van der Waals surface area contributed by atoms with Gasteiger partial charge in [-0.2, -0.15) is 0 Å². The molecule has 2 N–H and O–H groups in total. The third-order valence-electron chi connectivity index (χ3n) is 3.07. The van der Waals surface area contributed by atoms with Gasteiger partial charge in [-0.15, -0.1) is 0 Å². The van der Waals surface area contributed by atoms with E-state index in [0.29, 0.717) is 6.04 Å². The summed E-state index contributed by atoms with van der Waals surface area (Å²) in [5.74, 6) is 0. The van der Waals surface area contributed by atoms with Crippen molar-refractivity contribution in [1.29, 1.82) is 0 Å². The van der Waals surface area contributed by atoms with Crippen LogP contribution in [-0.4, -0.2) is 48.8 Å². The number of aromatic nitrogens is 1. The average Bonchev–Trinajstić information content (AvgIpc) is 2.79. The molecule has 4 heteroatoms. The largest absolute Gasteiger partial charge is 0.379 e. The van der Waals surface area contributed by atoms with E-state index >= 15 is 0 Å². The predicted octanol–water partition coefficient (Wildman–Crippen LogP) is 0.825. The summed E-state index contributed by atoms with van der Waals surface area (Å²) >= 11 is 0. The Bertz CT molecular complexity index is 286. The highest BCUT2D eigenvalue weighted by Gasteiger charge is 2.17. The highest BCUT2D eigenvalue weighted by atomic mass is 16.5. The number of ether oxygens (including phenoxy) is 1. The third-order valence-corrected chi connectivity index (χ3v) is 3.07. The van der Waals surface area contributed by atoms with Crippen LogP contribution in [0.15, 0.2) is 18.5 Å². The number of H-pyrrole nitrogens is 1. The molecule has 0 bridgehead atoms. The molecule has 2 heterocycles. The summed E-state index contributed by atoms with van der Waals surface area (Å²) in [4.78, 5) is 5.54. The number of aromatic amines is 1. The first-order chi connectivity index (χ1) is 7.86. The van der Waals surface area contributed by atoms with Crippen LogP contribution >= 0.6 is 0 Å². The number of hydrogen-bond acceptors (Lipinski definition) is 3. The maximum Gasteiger partial charge on any atom is 0.0619 e. The summed E-state index contributed by atoms with van der Waals surface area (Å²) in [6, 6.07) is 2.66. The lowest BCUT2D eigenvalue weighted by Gasteiger charge is -2.33. The molecule has 1 aliphatic heterocycles. The topological polar surface area (TPSA) is 40.3 Å². The Morgan fingerprint density at radius 1 is 1.62 bits per heavy atom. The first-order valence-electron chi connectivity index (χ1n) is 6.00. The highest BCUT2D eigenvalue weighted by Crippen LogP contribution is 2.04. The van der Waals surface area contributed by atoms with Crippen LogP contribution in [0.4, 0.5) is 0 Å². The van der Waals surface area contributed by atoms with Gasteiger partial charge < -0.3 is 15.0 Å². The van der Waals surface area contributed by atoms with E-state index in [1.165, 1.54) is 5.56 Å². The molecule has 1 unspecified atom stereocenters. The van der Waals surface area contributed by atoms with Crippen molar-refractivity contribution in [2.45, 2.75) is 19.5 Å². The molecule has 1 fully saturated rings. The van der Waals surface area contributed by atoms with Gasteiger partial charge in [0.1, 0.15) is 0 Å². The predicted molar refractivity (Wildman–Crippen MR) is 64.4 cm³/mol. The Balaban J connectivity index is 1.60. The lowest BCUT2D eigenvalue weighted by molar-refractivity contribution is 0.000405. The molecule has 1 aromatic heterocycles. The van der Waals surface area contributed by atoms with Crippen LogP contribution in [0.5, 0.6) is 0 Å². The molecule has 0 spiro atoms. The second kappa shape index (κ2) is 6.03. The molecule has 0 saturated carbocycles. The van der Waals surface area contributed by atoms with Crippen LogP contribution < -0.4 is 5.32 Å². The molecule has 1 aromatic rings. The summed E-state index contributed by atoms with van der Waals surface area (Å²) in [7, 11) is 0. The minimum absolute atomic E-state index is 0.558. The SMILES string of the molecule is CC1COCCN1CCNCc1cc[nH]c1.